The Labute approximate surface area is 172 Å². The minimum Gasteiger partial charge on any atom is -0.481 e. The molecule has 170 valence electrons. The number of carbonyl (C=O) groups is 1. The summed E-state index contributed by atoms with van der Waals surface area (Å²) in [6.07, 6.45) is -5.04. The largest absolute Gasteiger partial charge is 0.504 e. The van der Waals surface area contributed by atoms with E-state index in [1.54, 1.807) is 0 Å². The minimum absolute atomic E-state index is 0.0491. The molecule has 0 aliphatic rings. The van der Waals surface area contributed by atoms with Crippen LogP contribution in [0.5, 0.6) is 11.8 Å². The van der Waals surface area contributed by atoms with E-state index in [1.165, 1.54) is 20.3 Å². The zero-order chi connectivity index (χ0) is 23.6. The number of ether oxygens (including phenoxy) is 3. The van der Waals surface area contributed by atoms with Crippen LogP contribution in [0, 0.1) is 0 Å². The second kappa shape index (κ2) is 8.50. The molecule has 0 saturated carbocycles. The fourth-order valence-corrected chi connectivity index (χ4v) is 3.46. The molecule has 0 radical (unpaired) electrons. The average Bonchev–Trinajstić information content (AvgIpc) is 3.19. The van der Waals surface area contributed by atoms with Gasteiger partial charge in [-0.3, -0.25) is 0 Å². The van der Waals surface area contributed by atoms with Crippen molar-refractivity contribution in [1.29, 1.82) is 0 Å². The molecule has 0 unspecified atom stereocenters. The number of methoxy groups -OCH3 is 3. The van der Waals surface area contributed by atoms with Crippen molar-refractivity contribution in [3.05, 3.63) is 17.8 Å². The molecule has 0 aromatic carbocycles. The van der Waals surface area contributed by atoms with Crippen LogP contribution < -0.4 is 25.4 Å². The van der Waals surface area contributed by atoms with Crippen molar-refractivity contribution in [2.24, 2.45) is 16.7 Å². The van der Waals surface area contributed by atoms with Gasteiger partial charge in [-0.25, -0.2) is 4.79 Å². The number of esters is 1. The van der Waals surface area contributed by atoms with Crippen LogP contribution in [0.4, 0.5) is 19.1 Å². The summed E-state index contributed by atoms with van der Waals surface area (Å²) in [5.41, 5.74) is 4.49. The van der Waals surface area contributed by atoms with E-state index in [9.17, 15) is 26.4 Å². The number of rotatable bonds is 6. The molecule has 18 heteroatoms. The summed E-state index contributed by atoms with van der Waals surface area (Å²) in [4.78, 5) is 19.4. The third-order valence-corrected chi connectivity index (χ3v) is 5.06. The zero-order valence-electron chi connectivity index (χ0n) is 16.0. The van der Waals surface area contributed by atoms with Crippen molar-refractivity contribution in [2.45, 2.75) is 11.3 Å². The van der Waals surface area contributed by atoms with Gasteiger partial charge in [0.25, 0.3) is 16.0 Å². The Kier molecular flexibility index (Phi) is 6.43. The average molecular weight is 468 g/mol. The summed E-state index contributed by atoms with van der Waals surface area (Å²) in [6, 6.07) is 1.17. The number of anilines is 1. The van der Waals surface area contributed by atoms with Gasteiger partial charge in [-0.05, 0) is 0 Å². The number of hydrogen-bond donors (Lipinski definition) is 2. The number of nitrogens with zero attached hydrogens (tertiary/aromatic N) is 6. The summed E-state index contributed by atoms with van der Waals surface area (Å²) in [7, 11) is -2.01. The summed E-state index contributed by atoms with van der Waals surface area (Å²) < 4.78 is 79.2. The Morgan fingerprint density at radius 1 is 1.19 bits per heavy atom. The standard InChI is InChI=1S/C13H15F3N8O6S/c1-28-7-4-8(29-2)20-12(19-7)24(11(17)21-18)31(26,27)9-6(10(25)30-3)5-23(22-9)13(14,15)16/h4-5H,18H2,1-3H3,(H2,17,21). The number of sulfonamides is 1. The molecule has 0 saturated heterocycles. The molecule has 0 amide bonds. The normalized spacial score (nSPS) is 12.4. The Bertz CT molecular complexity index is 1090. The zero-order valence-corrected chi connectivity index (χ0v) is 16.8. The highest BCUT2D eigenvalue weighted by molar-refractivity contribution is 7.93. The van der Waals surface area contributed by atoms with Gasteiger partial charge in [0, 0.05) is 0 Å². The monoisotopic (exact) mass is 468 g/mol. The molecule has 0 bridgehead atoms. The SMILES string of the molecule is COC(=O)c1cn(C(F)(F)F)nc1S(=O)(=O)N(C(N)=NN)c1nc(OC)cc(OC)n1. The van der Waals surface area contributed by atoms with Crippen LogP contribution in [0.15, 0.2) is 22.4 Å². The van der Waals surface area contributed by atoms with Crippen LogP contribution in [0.2, 0.25) is 0 Å². The molecule has 2 aromatic rings. The van der Waals surface area contributed by atoms with E-state index in [4.69, 9.17) is 21.1 Å². The number of halogens is 3. The fourth-order valence-electron chi connectivity index (χ4n) is 2.09. The number of nitrogens with two attached hydrogens (primary N) is 2. The second-order valence-electron chi connectivity index (χ2n) is 5.26. The lowest BCUT2D eigenvalue weighted by Gasteiger charge is -2.20. The van der Waals surface area contributed by atoms with E-state index in [1.807, 2.05) is 0 Å². The molecule has 2 heterocycles. The molecular formula is C13H15F3N8O6S. The van der Waals surface area contributed by atoms with Gasteiger partial charge in [0.05, 0.1) is 33.6 Å². The molecule has 2 rings (SSSR count). The second-order valence-corrected chi connectivity index (χ2v) is 6.96. The first kappa shape index (κ1) is 23.4. The van der Waals surface area contributed by atoms with Crippen molar-refractivity contribution in [3.63, 3.8) is 0 Å². The molecule has 0 spiro atoms. The molecule has 4 N–H and O–H groups in total. The topological polar surface area (TPSA) is 190 Å². The van der Waals surface area contributed by atoms with E-state index in [2.05, 4.69) is 24.9 Å². The molecule has 0 aliphatic heterocycles. The van der Waals surface area contributed by atoms with Gasteiger partial charge in [0.2, 0.25) is 22.7 Å². The van der Waals surface area contributed by atoms with Crippen LogP contribution in [0.1, 0.15) is 10.4 Å². The van der Waals surface area contributed by atoms with Crippen LogP contribution in [0.25, 0.3) is 0 Å². The number of alkyl halides is 3. The molecule has 31 heavy (non-hydrogen) atoms. The van der Waals surface area contributed by atoms with E-state index >= 15 is 0 Å². The van der Waals surface area contributed by atoms with E-state index in [-0.39, 0.29) is 22.3 Å². The Hall–Kier alpha value is -3.83. The molecular weight excluding hydrogens is 453 g/mol. The number of guanidine groups is 1. The highest BCUT2D eigenvalue weighted by atomic mass is 32.2. The lowest BCUT2D eigenvalue weighted by molar-refractivity contribution is -0.212. The van der Waals surface area contributed by atoms with Gasteiger partial charge in [-0.15, -0.1) is 18.3 Å². The summed E-state index contributed by atoms with van der Waals surface area (Å²) in [5, 5.41) is 4.61. The van der Waals surface area contributed by atoms with Crippen molar-refractivity contribution in [1.82, 2.24) is 19.7 Å². The maximum Gasteiger partial charge on any atom is 0.504 e. The maximum absolute atomic E-state index is 13.2. The highest BCUT2D eigenvalue weighted by Gasteiger charge is 2.41. The molecule has 2 aromatic heterocycles. The number of aromatic nitrogens is 4. The van der Waals surface area contributed by atoms with Crippen LogP contribution >= 0.6 is 0 Å². The van der Waals surface area contributed by atoms with Gasteiger partial charge in [0.1, 0.15) is 5.56 Å². The Morgan fingerprint density at radius 3 is 2.16 bits per heavy atom. The minimum atomic E-state index is -5.21. The van der Waals surface area contributed by atoms with Gasteiger partial charge in [-0.2, -0.15) is 32.5 Å². The van der Waals surface area contributed by atoms with E-state index in [0.717, 1.165) is 7.11 Å². The molecule has 0 aliphatic carbocycles. The molecule has 0 atom stereocenters. The van der Waals surface area contributed by atoms with Gasteiger partial charge in [-0.1, -0.05) is 0 Å². The lowest BCUT2D eigenvalue weighted by Crippen LogP contribution is -2.44. The predicted octanol–water partition coefficient (Wildman–Crippen LogP) is -0.663. The summed E-state index contributed by atoms with van der Waals surface area (Å²) in [5.74, 6) is 1.47. The molecule has 14 nitrogen and oxygen atoms in total. The predicted molar refractivity (Wildman–Crippen MR) is 95.5 cm³/mol. The van der Waals surface area contributed by atoms with E-state index in [0.29, 0.717) is 0 Å². The molecule has 0 fully saturated rings. The summed E-state index contributed by atoms with van der Waals surface area (Å²) in [6.45, 7) is 0. The number of hydrazone groups is 1. The van der Waals surface area contributed by atoms with Crippen molar-refractivity contribution < 1.29 is 40.6 Å². The first-order valence-electron chi connectivity index (χ1n) is 7.71. The first-order valence-corrected chi connectivity index (χ1v) is 9.15. The van der Waals surface area contributed by atoms with Crippen molar-refractivity contribution in [2.75, 3.05) is 25.6 Å². The third kappa shape index (κ3) is 4.52. The maximum atomic E-state index is 13.2. The highest BCUT2D eigenvalue weighted by Crippen LogP contribution is 2.29. The smallest absolute Gasteiger partial charge is 0.481 e. The fraction of sp³-hybridized carbons (Fsp3) is 0.308. The Balaban J connectivity index is 2.83. The van der Waals surface area contributed by atoms with Gasteiger partial charge in [0.15, 0.2) is 0 Å². The number of hydrogen-bond acceptors (Lipinski definition) is 11. The number of carbonyl (C=O) groups excluding carboxylic acids is 1. The van der Waals surface area contributed by atoms with Crippen molar-refractivity contribution >= 4 is 27.9 Å². The lowest BCUT2D eigenvalue weighted by atomic mass is 10.4. The van der Waals surface area contributed by atoms with E-state index < -0.39 is 49.5 Å². The first-order chi connectivity index (χ1) is 14.4. The van der Waals surface area contributed by atoms with Crippen LogP contribution in [-0.4, -0.2) is 61.4 Å². The van der Waals surface area contributed by atoms with Crippen LogP contribution in [0.3, 0.4) is 0 Å². The van der Waals surface area contributed by atoms with Crippen LogP contribution in [-0.2, 0) is 21.1 Å². The third-order valence-electron chi connectivity index (χ3n) is 3.44. The van der Waals surface area contributed by atoms with Crippen molar-refractivity contribution in [3.8, 4) is 11.8 Å². The summed E-state index contributed by atoms with van der Waals surface area (Å²) >= 11 is 0. The quantitative estimate of drug-likeness (QED) is 0.180. The Morgan fingerprint density at radius 2 is 1.74 bits per heavy atom. The van der Waals surface area contributed by atoms with Gasteiger partial charge >= 0.3 is 12.3 Å². The van der Waals surface area contributed by atoms with Gasteiger partial charge < -0.3 is 25.8 Å².